The van der Waals surface area contributed by atoms with E-state index in [0.717, 1.165) is 22.7 Å². The number of hydrogen-bond acceptors (Lipinski definition) is 3. The van der Waals surface area contributed by atoms with Gasteiger partial charge in [-0.1, -0.05) is 12.1 Å². The Labute approximate surface area is 99.1 Å². The van der Waals surface area contributed by atoms with E-state index in [0.29, 0.717) is 0 Å². The molecule has 0 fully saturated rings. The van der Waals surface area contributed by atoms with Gasteiger partial charge in [-0.2, -0.15) is 0 Å². The van der Waals surface area contributed by atoms with Crippen molar-refractivity contribution < 1.29 is 0 Å². The maximum atomic E-state index is 5.79. The molecule has 0 saturated carbocycles. The molecule has 0 bridgehead atoms. The lowest BCUT2D eigenvalue weighted by Gasteiger charge is -2.06. The second-order valence-corrected chi connectivity index (χ2v) is 5.31. The molecule has 82 valence electrons. The zero-order valence-electron chi connectivity index (χ0n) is 9.07. The molecule has 2 aromatic rings. The van der Waals surface area contributed by atoms with E-state index < -0.39 is 0 Å². The molecule has 1 aromatic carbocycles. The lowest BCUT2D eigenvalue weighted by atomic mass is 10.0. The van der Waals surface area contributed by atoms with Gasteiger partial charge in [0.1, 0.15) is 5.01 Å². The van der Waals surface area contributed by atoms with Gasteiger partial charge >= 0.3 is 0 Å². The number of rotatable bonds is 1. The third kappa shape index (κ3) is 1.71. The minimum atomic E-state index is 0.811. The largest absolute Gasteiger partial charge is 0.399 e. The lowest BCUT2D eigenvalue weighted by Crippen LogP contribution is -1.98. The minimum Gasteiger partial charge on any atom is -0.399 e. The van der Waals surface area contributed by atoms with Gasteiger partial charge < -0.3 is 5.73 Å². The smallest absolute Gasteiger partial charge is 0.123 e. The Morgan fingerprint density at radius 2 is 2.06 bits per heavy atom. The predicted octanol–water partition coefficient (Wildman–Crippen LogP) is 3.27. The first kappa shape index (κ1) is 9.85. The molecule has 1 aromatic heterocycles. The van der Waals surface area contributed by atoms with Crippen molar-refractivity contribution in [2.24, 2.45) is 0 Å². The van der Waals surface area contributed by atoms with Gasteiger partial charge in [0.2, 0.25) is 0 Å². The van der Waals surface area contributed by atoms with Crippen molar-refractivity contribution in [2.75, 3.05) is 5.73 Å². The zero-order valence-corrected chi connectivity index (χ0v) is 9.89. The van der Waals surface area contributed by atoms with Crippen molar-refractivity contribution in [3.63, 3.8) is 0 Å². The number of aromatic nitrogens is 1. The second kappa shape index (κ2) is 3.91. The highest BCUT2D eigenvalue weighted by Crippen LogP contribution is 2.33. The number of fused-ring (bicyclic) bond motifs is 1. The fraction of sp³-hybridized carbons (Fsp3) is 0.308. The van der Waals surface area contributed by atoms with Crippen LogP contribution < -0.4 is 5.73 Å². The maximum absolute atomic E-state index is 5.79. The molecule has 2 nitrogen and oxygen atoms in total. The zero-order chi connectivity index (χ0) is 11.0. The van der Waals surface area contributed by atoms with Crippen molar-refractivity contribution >= 4 is 17.0 Å². The van der Waals surface area contributed by atoms with Crippen LogP contribution in [0.15, 0.2) is 24.3 Å². The number of anilines is 1. The van der Waals surface area contributed by atoms with Crippen molar-refractivity contribution in [1.82, 2.24) is 4.98 Å². The van der Waals surface area contributed by atoms with Crippen LogP contribution in [0.4, 0.5) is 5.69 Å². The van der Waals surface area contributed by atoms with Gasteiger partial charge in [0.05, 0.1) is 5.69 Å². The van der Waals surface area contributed by atoms with E-state index in [1.807, 2.05) is 29.5 Å². The fourth-order valence-corrected chi connectivity index (χ4v) is 3.29. The number of nitrogens with zero attached hydrogens (tertiary/aromatic N) is 1. The Kier molecular flexibility index (Phi) is 2.40. The average molecular weight is 230 g/mol. The molecule has 16 heavy (non-hydrogen) atoms. The number of nitrogen functional groups attached to an aromatic ring is 1. The molecule has 0 amide bonds. The van der Waals surface area contributed by atoms with Crippen LogP contribution >= 0.6 is 11.3 Å². The molecule has 0 aliphatic heterocycles. The van der Waals surface area contributed by atoms with Crippen LogP contribution in [0, 0.1) is 0 Å². The lowest BCUT2D eigenvalue weighted by molar-refractivity contribution is 0.682. The number of nitrogens with two attached hydrogens (primary N) is 1. The van der Waals surface area contributed by atoms with Crippen LogP contribution in [0.3, 0.4) is 0 Å². The molecule has 2 N–H and O–H groups in total. The normalized spacial score (nSPS) is 14.8. The Morgan fingerprint density at radius 3 is 2.88 bits per heavy atom. The summed E-state index contributed by atoms with van der Waals surface area (Å²) in [5.41, 5.74) is 9.07. The van der Waals surface area contributed by atoms with Crippen molar-refractivity contribution in [2.45, 2.75) is 25.7 Å². The molecular formula is C13H14N2S. The van der Waals surface area contributed by atoms with Crippen LogP contribution in [0.5, 0.6) is 0 Å². The molecule has 0 atom stereocenters. The quantitative estimate of drug-likeness (QED) is 0.764. The molecular weight excluding hydrogens is 216 g/mol. The van der Waals surface area contributed by atoms with E-state index in [1.165, 1.54) is 29.8 Å². The minimum absolute atomic E-state index is 0.811. The maximum Gasteiger partial charge on any atom is 0.123 e. The highest BCUT2D eigenvalue weighted by molar-refractivity contribution is 7.15. The third-order valence-corrected chi connectivity index (χ3v) is 4.19. The van der Waals surface area contributed by atoms with Crippen LogP contribution in [-0.2, 0) is 12.8 Å². The topological polar surface area (TPSA) is 38.9 Å². The van der Waals surface area contributed by atoms with E-state index in [9.17, 15) is 0 Å². The first-order chi connectivity index (χ1) is 7.83. The molecule has 1 aliphatic rings. The van der Waals surface area contributed by atoms with E-state index in [2.05, 4.69) is 6.07 Å². The average Bonchev–Trinajstić information content (AvgIpc) is 2.72. The molecule has 3 heteroatoms. The Balaban J connectivity index is 2.03. The van der Waals surface area contributed by atoms with Crippen molar-refractivity contribution in [3.8, 4) is 10.6 Å². The van der Waals surface area contributed by atoms with Gasteiger partial charge in [0.15, 0.2) is 0 Å². The Morgan fingerprint density at radius 1 is 1.19 bits per heavy atom. The van der Waals surface area contributed by atoms with Crippen molar-refractivity contribution in [1.29, 1.82) is 0 Å². The molecule has 0 spiro atoms. The summed E-state index contributed by atoms with van der Waals surface area (Å²) in [7, 11) is 0. The van der Waals surface area contributed by atoms with Crippen LogP contribution in [-0.4, -0.2) is 4.98 Å². The summed E-state index contributed by atoms with van der Waals surface area (Å²) in [6.45, 7) is 0. The van der Waals surface area contributed by atoms with Crippen molar-refractivity contribution in [3.05, 3.63) is 34.8 Å². The summed E-state index contributed by atoms with van der Waals surface area (Å²) in [6.07, 6.45) is 4.95. The fourth-order valence-electron chi connectivity index (χ4n) is 2.15. The Bertz CT molecular complexity index is 493. The van der Waals surface area contributed by atoms with E-state index >= 15 is 0 Å². The van der Waals surface area contributed by atoms with Gasteiger partial charge in [-0.05, 0) is 37.8 Å². The molecule has 0 unspecified atom stereocenters. The molecule has 1 aliphatic carbocycles. The van der Waals surface area contributed by atoms with Gasteiger partial charge in [0, 0.05) is 16.1 Å². The van der Waals surface area contributed by atoms with Crippen LogP contribution in [0.2, 0.25) is 0 Å². The van der Waals surface area contributed by atoms with Gasteiger partial charge in [-0.15, -0.1) is 11.3 Å². The number of aryl methyl sites for hydroxylation is 2. The van der Waals surface area contributed by atoms with Crippen LogP contribution in [0.1, 0.15) is 23.4 Å². The predicted molar refractivity (Wildman–Crippen MR) is 68.6 cm³/mol. The van der Waals surface area contributed by atoms with Gasteiger partial charge in [-0.3, -0.25) is 0 Å². The number of hydrogen-bond donors (Lipinski definition) is 1. The summed E-state index contributed by atoms with van der Waals surface area (Å²) in [4.78, 5) is 6.20. The molecule has 1 heterocycles. The summed E-state index contributed by atoms with van der Waals surface area (Å²) >= 11 is 1.83. The molecule has 0 saturated heterocycles. The second-order valence-electron chi connectivity index (χ2n) is 4.22. The standard InChI is InChI=1S/C13H14N2S/c14-10-5-3-4-9(8-10)13-15-11-6-1-2-7-12(11)16-13/h3-5,8H,1-2,6-7,14H2. The summed E-state index contributed by atoms with van der Waals surface area (Å²) in [6, 6.07) is 7.99. The third-order valence-electron chi connectivity index (χ3n) is 2.98. The summed E-state index contributed by atoms with van der Waals surface area (Å²) in [5.74, 6) is 0. The van der Waals surface area contributed by atoms with Crippen LogP contribution in [0.25, 0.3) is 10.6 Å². The van der Waals surface area contributed by atoms with E-state index in [1.54, 1.807) is 0 Å². The first-order valence-electron chi connectivity index (χ1n) is 5.67. The molecule has 0 radical (unpaired) electrons. The van der Waals surface area contributed by atoms with Gasteiger partial charge in [0.25, 0.3) is 0 Å². The van der Waals surface area contributed by atoms with Gasteiger partial charge in [-0.25, -0.2) is 4.98 Å². The Hall–Kier alpha value is -1.35. The highest BCUT2D eigenvalue weighted by atomic mass is 32.1. The monoisotopic (exact) mass is 230 g/mol. The molecule has 3 rings (SSSR count). The summed E-state index contributed by atoms with van der Waals surface area (Å²) in [5, 5.41) is 1.12. The number of benzene rings is 1. The van der Waals surface area contributed by atoms with E-state index in [-0.39, 0.29) is 0 Å². The SMILES string of the molecule is Nc1cccc(-c2nc3c(s2)CCCC3)c1. The summed E-state index contributed by atoms with van der Waals surface area (Å²) < 4.78 is 0. The first-order valence-corrected chi connectivity index (χ1v) is 6.49. The van der Waals surface area contributed by atoms with E-state index in [4.69, 9.17) is 10.7 Å². The highest BCUT2D eigenvalue weighted by Gasteiger charge is 2.15. The number of thiazole rings is 1.